The van der Waals surface area contributed by atoms with Crippen molar-refractivity contribution in [2.75, 3.05) is 32.7 Å². The van der Waals surface area contributed by atoms with Crippen molar-refractivity contribution in [1.82, 2.24) is 14.7 Å². The van der Waals surface area contributed by atoms with Crippen LogP contribution in [0.2, 0.25) is 0 Å². The van der Waals surface area contributed by atoms with E-state index in [1.165, 1.54) is 21.8 Å². The lowest BCUT2D eigenvalue weighted by atomic mass is 10.1. The van der Waals surface area contributed by atoms with E-state index in [-0.39, 0.29) is 17.7 Å². The highest BCUT2D eigenvalue weighted by atomic mass is 32.1. The van der Waals surface area contributed by atoms with Crippen LogP contribution in [0.5, 0.6) is 0 Å². The summed E-state index contributed by atoms with van der Waals surface area (Å²) in [7, 11) is 0. The first kappa shape index (κ1) is 19.9. The first-order chi connectivity index (χ1) is 14.0. The topological polar surface area (TPSA) is 43.9 Å². The molecule has 152 valence electrons. The van der Waals surface area contributed by atoms with Crippen molar-refractivity contribution in [3.8, 4) is 0 Å². The predicted molar refractivity (Wildman–Crippen MR) is 116 cm³/mol. The maximum absolute atomic E-state index is 13.2. The van der Waals surface area contributed by atoms with Crippen molar-refractivity contribution in [2.24, 2.45) is 5.92 Å². The van der Waals surface area contributed by atoms with E-state index < -0.39 is 0 Å². The maximum Gasteiger partial charge on any atom is 0.277 e. The first-order valence-electron chi connectivity index (χ1n) is 10.2. The van der Waals surface area contributed by atoms with E-state index in [0.717, 1.165) is 37.6 Å². The summed E-state index contributed by atoms with van der Waals surface area (Å²) in [4.78, 5) is 33.2. The van der Waals surface area contributed by atoms with Gasteiger partial charge in [0, 0.05) is 44.1 Å². The molecule has 0 atom stereocenters. The standard InChI is InChI=1S/C23H27N3O2S/c1-17(2)15-26-22(27)20(19-9-6-14-29-19)21(23(26)28)25-12-10-24(11-13-25)16-18-7-4-3-5-8-18/h3-9,14,17H,10-13,15-16H2,1-2H3. The summed E-state index contributed by atoms with van der Waals surface area (Å²) in [6, 6.07) is 14.3. The summed E-state index contributed by atoms with van der Waals surface area (Å²) in [6.45, 7) is 8.71. The lowest BCUT2D eigenvalue weighted by molar-refractivity contribution is -0.138. The Hall–Kier alpha value is -2.44. The number of hydrogen-bond acceptors (Lipinski definition) is 5. The molecule has 0 saturated carbocycles. The van der Waals surface area contributed by atoms with Crippen LogP contribution in [0.3, 0.4) is 0 Å². The lowest BCUT2D eigenvalue weighted by Gasteiger charge is -2.36. The molecule has 0 radical (unpaired) electrons. The molecule has 1 aromatic heterocycles. The van der Waals surface area contributed by atoms with Gasteiger partial charge >= 0.3 is 0 Å². The van der Waals surface area contributed by atoms with E-state index in [1.54, 1.807) is 0 Å². The highest BCUT2D eigenvalue weighted by Gasteiger charge is 2.42. The van der Waals surface area contributed by atoms with Crippen LogP contribution in [0.15, 0.2) is 53.5 Å². The van der Waals surface area contributed by atoms with Gasteiger partial charge in [0.1, 0.15) is 5.70 Å². The van der Waals surface area contributed by atoms with E-state index >= 15 is 0 Å². The molecular formula is C23H27N3O2S. The molecule has 6 heteroatoms. The van der Waals surface area contributed by atoms with Crippen molar-refractivity contribution in [3.05, 3.63) is 64.0 Å². The van der Waals surface area contributed by atoms with Gasteiger partial charge in [-0.25, -0.2) is 0 Å². The molecule has 1 saturated heterocycles. The molecule has 1 aromatic carbocycles. The van der Waals surface area contributed by atoms with E-state index in [1.807, 2.05) is 37.4 Å². The summed E-state index contributed by atoms with van der Waals surface area (Å²) in [5.74, 6) is -0.0361. The Balaban J connectivity index is 1.53. The van der Waals surface area contributed by atoms with Crippen LogP contribution < -0.4 is 0 Å². The molecule has 0 aliphatic carbocycles. The number of hydrogen-bond donors (Lipinski definition) is 0. The van der Waals surface area contributed by atoms with Gasteiger partial charge in [-0.2, -0.15) is 0 Å². The molecule has 0 unspecified atom stereocenters. The Kier molecular flexibility index (Phi) is 5.83. The van der Waals surface area contributed by atoms with Gasteiger partial charge in [-0.3, -0.25) is 19.4 Å². The number of carbonyl (C=O) groups is 2. The van der Waals surface area contributed by atoms with Crippen LogP contribution in [0, 0.1) is 5.92 Å². The van der Waals surface area contributed by atoms with Crippen LogP contribution >= 0.6 is 11.3 Å². The van der Waals surface area contributed by atoms with Gasteiger partial charge in [-0.15, -0.1) is 11.3 Å². The van der Waals surface area contributed by atoms with Gasteiger partial charge in [0.15, 0.2) is 0 Å². The number of benzene rings is 1. The van der Waals surface area contributed by atoms with Crippen molar-refractivity contribution in [3.63, 3.8) is 0 Å². The molecular weight excluding hydrogens is 382 g/mol. The third-order valence-corrected chi connectivity index (χ3v) is 6.28. The molecule has 0 spiro atoms. The number of carbonyl (C=O) groups excluding carboxylic acids is 2. The van der Waals surface area contributed by atoms with Gasteiger partial charge in [0.2, 0.25) is 0 Å². The minimum absolute atomic E-state index is 0.136. The third kappa shape index (κ3) is 4.14. The van der Waals surface area contributed by atoms with Gasteiger partial charge in [0.25, 0.3) is 11.8 Å². The largest absolute Gasteiger partial charge is 0.364 e. The number of thiophene rings is 1. The van der Waals surface area contributed by atoms with Crippen LogP contribution in [-0.4, -0.2) is 59.2 Å². The average molecular weight is 410 g/mol. The van der Waals surface area contributed by atoms with Crippen molar-refractivity contribution in [1.29, 1.82) is 0 Å². The molecule has 2 aliphatic rings. The zero-order chi connectivity index (χ0) is 20.4. The Morgan fingerprint density at radius 3 is 2.28 bits per heavy atom. The number of imide groups is 1. The highest BCUT2D eigenvalue weighted by Crippen LogP contribution is 2.34. The van der Waals surface area contributed by atoms with Crippen molar-refractivity contribution in [2.45, 2.75) is 20.4 Å². The zero-order valence-electron chi connectivity index (χ0n) is 17.0. The second-order valence-electron chi connectivity index (χ2n) is 8.06. The Morgan fingerprint density at radius 1 is 0.931 bits per heavy atom. The Bertz CT molecular complexity index is 897. The van der Waals surface area contributed by atoms with E-state index in [9.17, 15) is 9.59 Å². The molecule has 5 nitrogen and oxygen atoms in total. The van der Waals surface area contributed by atoms with Crippen molar-refractivity contribution < 1.29 is 9.59 Å². The summed E-state index contributed by atoms with van der Waals surface area (Å²) in [5.41, 5.74) is 2.48. The normalized spacial score (nSPS) is 18.4. The fourth-order valence-corrected chi connectivity index (χ4v) is 4.76. The minimum atomic E-state index is -0.145. The number of piperazine rings is 1. The second kappa shape index (κ2) is 8.51. The molecule has 1 fully saturated rings. The molecule has 2 aromatic rings. The lowest BCUT2D eigenvalue weighted by Crippen LogP contribution is -2.47. The number of nitrogens with zero attached hydrogens (tertiary/aromatic N) is 3. The van der Waals surface area contributed by atoms with E-state index in [4.69, 9.17) is 0 Å². The number of amides is 2. The first-order valence-corrected chi connectivity index (χ1v) is 11.1. The molecule has 29 heavy (non-hydrogen) atoms. The summed E-state index contributed by atoms with van der Waals surface area (Å²) >= 11 is 1.52. The van der Waals surface area contributed by atoms with Crippen LogP contribution in [0.1, 0.15) is 24.3 Å². The molecule has 2 aliphatic heterocycles. The molecule has 3 heterocycles. The van der Waals surface area contributed by atoms with Crippen LogP contribution in [0.25, 0.3) is 5.57 Å². The Morgan fingerprint density at radius 2 is 1.66 bits per heavy atom. The summed E-state index contributed by atoms with van der Waals surface area (Å²) < 4.78 is 0. The van der Waals surface area contributed by atoms with Gasteiger partial charge in [-0.1, -0.05) is 50.2 Å². The smallest absolute Gasteiger partial charge is 0.277 e. The van der Waals surface area contributed by atoms with Gasteiger partial charge in [0.05, 0.1) is 5.57 Å². The molecule has 2 amide bonds. The van der Waals surface area contributed by atoms with Gasteiger partial charge in [-0.05, 0) is 22.9 Å². The minimum Gasteiger partial charge on any atom is -0.364 e. The quantitative estimate of drug-likeness (QED) is 0.687. The zero-order valence-corrected chi connectivity index (χ0v) is 17.8. The monoisotopic (exact) mass is 409 g/mol. The SMILES string of the molecule is CC(C)CN1C(=O)C(c2cccs2)=C(N2CCN(Cc3ccccc3)CC2)C1=O. The Labute approximate surface area is 176 Å². The van der Waals surface area contributed by atoms with Gasteiger partial charge < -0.3 is 4.90 Å². The molecule has 4 rings (SSSR count). The van der Waals surface area contributed by atoms with Crippen LogP contribution in [-0.2, 0) is 16.1 Å². The number of rotatable bonds is 6. The average Bonchev–Trinajstić information content (AvgIpc) is 3.32. The molecule has 0 N–H and O–H groups in total. The fourth-order valence-electron chi connectivity index (χ4n) is 4.00. The second-order valence-corrected chi connectivity index (χ2v) is 9.01. The summed E-state index contributed by atoms with van der Waals surface area (Å²) in [5, 5.41) is 1.96. The molecule has 0 bridgehead atoms. The third-order valence-electron chi connectivity index (χ3n) is 5.40. The maximum atomic E-state index is 13.2. The fraction of sp³-hybridized carbons (Fsp3) is 0.391. The van der Waals surface area contributed by atoms with Crippen LogP contribution in [0.4, 0.5) is 0 Å². The van der Waals surface area contributed by atoms with Crippen molar-refractivity contribution >= 4 is 28.7 Å². The summed E-state index contributed by atoms with van der Waals surface area (Å²) in [6.07, 6.45) is 0. The van der Waals surface area contributed by atoms with E-state index in [2.05, 4.69) is 34.1 Å². The highest BCUT2D eigenvalue weighted by molar-refractivity contribution is 7.11. The van der Waals surface area contributed by atoms with E-state index in [0.29, 0.717) is 17.8 Å². The predicted octanol–water partition coefficient (Wildman–Crippen LogP) is 3.30.